The quantitative estimate of drug-likeness (QED) is 0.00857. The highest BCUT2D eigenvalue weighted by Crippen LogP contribution is 2.30. The fourth-order valence-electron chi connectivity index (χ4n) is 8.65. The van der Waals surface area contributed by atoms with Gasteiger partial charge in [-0.3, -0.25) is 47.1 Å². The number of anilines is 2. The van der Waals surface area contributed by atoms with Crippen LogP contribution in [0.4, 0.5) is 11.4 Å². The van der Waals surface area contributed by atoms with Crippen LogP contribution in [0, 0.1) is 4.77 Å². The molecule has 7 rings (SSSR count). The standard InChI is InChI=1S/C53H54N8O18S5/c62-45-23-24-46(63)61(45)79-47(64)18-5-2-6-31-78-42-21-19-38(20-22-42)57-48(65)43(49(66)58(52(57)80)39-13-7-25-54(35-39)28-10-32-82(69,70)71)16-3-1-4-17-44-50(67)59(40-14-8-26-55(36-40)29-11-33-83(72,73)74)53(81)60(51(44)68)41-15-9-27-56(37-41)30-12-34-84(75,76)77/h1,3-4,7-9,13-17,19-22,25-27,35-37H,2,5-6,10-12,18,23-24,28-34H2,(H-3,65,66,67,68,69,70,71,72,73,74,75,76,77)/p+3. The number of thiocarbonyl (C=S) groups is 1. The maximum atomic E-state index is 14.5. The summed E-state index contributed by atoms with van der Waals surface area (Å²) in [5.41, 5.74) is -0.691. The molecule has 4 amide bonds. The Morgan fingerprint density at radius 3 is 1.61 bits per heavy atom. The topological polar surface area (TPSA) is 335 Å². The van der Waals surface area contributed by atoms with Gasteiger partial charge in [-0.2, -0.15) is 25.3 Å². The summed E-state index contributed by atoms with van der Waals surface area (Å²) in [6.45, 7) is 0.548. The smallest absolute Gasteiger partial charge is 0.333 e. The number of carbonyl (C=O) groups is 5. The van der Waals surface area contributed by atoms with Crippen molar-refractivity contribution in [1.82, 2.24) is 14.2 Å². The molecule has 2 saturated heterocycles. The van der Waals surface area contributed by atoms with Crippen LogP contribution in [-0.4, -0.2) is 117 Å². The second-order valence-corrected chi connectivity index (χ2v) is 24.3. The van der Waals surface area contributed by atoms with Crippen LogP contribution < -0.4 is 33.8 Å². The summed E-state index contributed by atoms with van der Waals surface area (Å²) in [7, 11) is -12.8. The molecule has 4 N–H and O–H groups in total. The van der Waals surface area contributed by atoms with Gasteiger partial charge >= 0.3 is 5.97 Å². The summed E-state index contributed by atoms with van der Waals surface area (Å²) >= 11 is 11.7. The number of carbonyl (C=O) groups excluding carboxylic acids is 5. The van der Waals surface area contributed by atoms with Gasteiger partial charge in [0, 0.05) is 56.7 Å². The Labute approximate surface area is 492 Å². The predicted molar refractivity (Wildman–Crippen MR) is 305 cm³/mol. The number of hydrogen-bond donors (Lipinski definition) is 4. The van der Waals surface area contributed by atoms with Crippen molar-refractivity contribution in [3.8, 4) is 23.0 Å². The van der Waals surface area contributed by atoms with E-state index in [1.54, 1.807) is 93.0 Å². The number of aryl methyl sites for hydroxylation is 3. The van der Waals surface area contributed by atoms with Crippen LogP contribution in [0.25, 0.3) is 17.5 Å². The predicted octanol–water partition coefficient (Wildman–Crippen LogP) is 3.17. The van der Waals surface area contributed by atoms with Gasteiger partial charge in [0.05, 0.1) is 29.6 Å². The summed E-state index contributed by atoms with van der Waals surface area (Å²) < 4.78 is 109. The average molecular weight is 1250 g/mol. The maximum absolute atomic E-state index is 14.5. The van der Waals surface area contributed by atoms with Gasteiger partial charge in [-0.25, -0.2) is 28.0 Å². The van der Waals surface area contributed by atoms with E-state index in [-0.39, 0.29) is 109 Å². The molecular weight excluding hydrogens is 1200 g/mol. The monoisotopic (exact) mass is 1250 g/mol. The van der Waals surface area contributed by atoms with Gasteiger partial charge in [0.1, 0.15) is 53.6 Å². The van der Waals surface area contributed by atoms with E-state index in [0.717, 1.165) is 14.4 Å². The number of rotatable bonds is 27. The van der Waals surface area contributed by atoms with E-state index in [1.165, 1.54) is 53.5 Å². The lowest BCUT2D eigenvalue weighted by molar-refractivity contribution is -0.696. The number of unbranched alkanes of at least 4 members (excludes halogenated alkanes) is 2. The van der Waals surface area contributed by atoms with Crippen molar-refractivity contribution >= 4 is 107 Å². The number of imide groups is 1. The summed E-state index contributed by atoms with van der Waals surface area (Å²) in [6.07, 6.45) is 17.3. The number of hydroxylamine groups is 2. The number of benzene rings is 1. The van der Waals surface area contributed by atoms with Crippen LogP contribution in [0.3, 0.4) is 0 Å². The number of pyridine rings is 3. The molecule has 6 heterocycles. The van der Waals surface area contributed by atoms with Gasteiger partial charge in [-0.15, -0.1) is 5.06 Å². The number of amides is 4. The number of aromatic hydroxyl groups is 1. The van der Waals surface area contributed by atoms with Crippen molar-refractivity contribution in [3.05, 3.63) is 148 Å². The van der Waals surface area contributed by atoms with Gasteiger partial charge < -0.3 is 14.7 Å². The molecule has 0 atom stereocenters. The first-order chi connectivity index (χ1) is 39.8. The molecule has 31 heteroatoms. The molecule has 26 nitrogen and oxygen atoms in total. The van der Waals surface area contributed by atoms with Gasteiger partial charge in [-0.1, -0.05) is 18.2 Å². The number of ether oxygens (including phenoxy) is 1. The van der Waals surface area contributed by atoms with Crippen LogP contribution in [0.5, 0.6) is 11.6 Å². The third-order valence-electron chi connectivity index (χ3n) is 12.6. The molecule has 0 bridgehead atoms. The Morgan fingerprint density at radius 1 is 0.595 bits per heavy atom. The van der Waals surface area contributed by atoms with Crippen molar-refractivity contribution < 1.29 is 91.3 Å². The molecule has 0 aliphatic carbocycles. The Morgan fingerprint density at radius 2 is 1.08 bits per heavy atom. The highest BCUT2D eigenvalue weighted by molar-refractivity contribution is 7.86. The van der Waals surface area contributed by atoms with Crippen LogP contribution in [-0.2, 0) is 78.8 Å². The van der Waals surface area contributed by atoms with E-state index in [1.807, 2.05) is 0 Å². The maximum Gasteiger partial charge on any atom is 0.333 e. The minimum absolute atomic E-state index is 0.0125. The Balaban J connectivity index is 1.17. The number of hydrogen-bond acceptors (Lipinski definition) is 17. The van der Waals surface area contributed by atoms with Crippen LogP contribution in [0.2, 0.25) is 0 Å². The second kappa shape index (κ2) is 28.0. The van der Waals surface area contributed by atoms with E-state index in [4.69, 9.17) is 34.0 Å². The normalized spacial score (nSPS) is 14.9. The minimum atomic E-state index is -4.27. The first-order valence-corrected chi connectivity index (χ1v) is 31.4. The molecule has 444 valence electrons. The van der Waals surface area contributed by atoms with E-state index in [2.05, 4.69) is 0 Å². The number of allylic oxidation sites excluding steroid dienone is 4. The Bertz CT molecular complexity index is 3940. The first kappa shape index (κ1) is 63.5. The fraction of sp³-hybridized carbons (Fsp3) is 0.302. The average Bonchev–Trinajstić information content (AvgIpc) is 1.44. The molecule has 2 aliphatic heterocycles. The zero-order valence-electron chi connectivity index (χ0n) is 44.6. The molecule has 0 unspecified atom stereocenters. The van der Waals surface area contributed by atoms with Crippen molar-refractivity contribution in [2.45, 2.75) is 77.4 Å². The lowest BCUT2D eigenvalue weighted by atomic mass is 10.1. The largest absolute Gasteiger partial charge is 0.494 e. The van der Waals surface area contributed by atoms with E-state index >= 15 is 0 Å². The van der Waals surface area contributed by atoms with Gasteiger partial charge in [-0.05, 0) is 98.3 Å². The zero-order valence-corrected chi connectivity index (χ0v) is 48.6. The highest BCUT2D eigenvalue weighted by atomic mass is 32.2. The summed E-state index contributed by atoms with van der Waals surface area (Å²) in [5.74, 6) is -5.36. The molecule has 2 fully saturated rings. The van der Waals surface area contributed by atoms with E-state index in [0.29, 0.717) is 30.1 Å². The van der Waals surface area contributed by atoms with Gasteiger partial charge in [0.25, 0.3) is 59.5 Å². The minimum Gasteiger partial charge on any atom is -0.494 e. The SMILES string of the molecule is O=C(CCCCCOc1ccc(N2C(=O)C(=CC=CC=Cc3c(O)n(-c4ccc[n+](CCCS(=O)(=O)O)c4)c(=S)n(-c4ccc[n+](CCCS(=O)(=O)O)c4)c3=O)C(=O)N(c3ccc[n+](CCCS(=O)(=O)O)c3)C2=S)cc1)ON1C(=O)CCC1=O. The zero-order chi connectivity index (χ0) is 60.9. The van der Waals surface area contributed by atoms with Crippen molar-refractivity contribution in [1.29, 1.82) is 0 Å². The van der Waals surface area contributed by atoms with Gasteiger partial charge in [0.2, 0.25) is 5.88 Å². The van der Waals surface area contributed by atoms with Crippen LogP contribution in [0.1, 0.15) is 63.4 Å². The van der Waals surface area contributed by atoms with E-state index < -0.39 is 88.7 Å². The molecule has 84 heavy (non-hydrogen) atoms. The lowest BCUT2D eigenvalue weighted by Gasteiger charge is -2.36. The molecule has 0 saturated carbocycles. The van der Waals surface area contributed by atoms with Crippen LogP contribution in [0.15, 0.2) is 133 Å². The lowest BCUT2D eigenvalue weighted by Crippen LogP contribution is -2.57. The Kier molecular flexibility index (Phi) is 21.2. The molecule has 4 aromatic heterocycles. The number of aromatic nitrogens is 5. The summed E-state index contributed by atoms with van der Waals surface area (Å²) in [4.78, 5) is 86.2. The van der Waals surface area contributed by atoms with Crippen LogP contribution >= 0.6 is 24.4 Å². The van der Waals surface area contributed by atoms with Crippen molar-refractivity contribution in [2.75, 3.05) is 33.7 Å². The molecule has 0 radical (unpaired) electrons. The van der Waals surface area contributed by atoms with Crippen molar-refractivity contribution in [2.24, 2.45) is 0 Å². The van der Waals surface area contributed by atoms with Gasteiger partial charge in [0.15, 0.2) is 47.1 Å². The molecule has 0 spiro atoms. The van der Waals surface area contributed by atoms with Crippen molar-refractivity contribution in [3.63, 3.8) is 0 Å². The summed E-state index contributed by atoms with van der Waals surface area (Å²) in [5, 5.41) is 12.1. The molecule has 2 aliphatic rings. The third-order valence-corrected chi connectivity index (χ3v) is 15.8. The summed E-state index contributed by atoms with van der Waals surface area (Å²) in [6, 6.07) is 15.6. The first-order valence-electron chi connectivity index (χ1n) is 25.8. The fourth-order valence-corrected chi connectivity index (χ4v) is 10.9. The highest BCUT2D eigenvalue weighted by Gasteiger charge is 2.42. The Hall–Kier alpha value is -8.04. The third kappa shape index (κ3) is 17.3. The number of nitrogens with zero attached hydrogens (tertiary/aromatic N) is 8. The second-order valence-electron chi connectivity index (χ2n) is 18.9. The van der Waals surface area contributed by atoms with E-state index in [9.17, 15) is 72.8 Å². The molecule has 5 aromatic rings. The molecular formula is C53H57N8O18S5+3. The molecule has 1 aromatic carbocycles.